The van der Waals surface area contributed by atoms with Crippen molar-refractivity contribution >= 4 is 34.9 Å². The summed E-state index contributed by atoms with van der Waals surface area (Å²) in [5.41, 5.74) is 1.19. The van der Waals surface area contributed by atoms with Gasteiger partial charge in [0.1, 0.15) is 11.6 Å². The van der Waals surface area contributed by atoms with Crippen LogP contribution in [0.2, 0.25) is 0 Å². The highest BCUT2D eigenvalue weighted by atomic mass is 32.1. The van der Waals surface area contributed by atoms with Crippen LogP contribution in [0.3, 0.4) is 0 Å². The van der Waals surface area contributed by atoms with Crippen LogP contribution in [0.15, 0.2) is 36.4 Å². The highest BCUT2D eigenvalue weighted by Crippen LogP contribution is 2.28. The number of rotatable bonds is 5. The van der Waals surface area contributed by atoms with Gasteiger partial charge in [-0.2, -0.15) is 9.97 Å². The van der Waals surface area contributed by atoms with Gasteiger partial charge in [-0.25, -0.2) is 0 Å². The molecular formula is C24H34N6S. The van der Waals surface area contributed by atoms with Crippen LogP contribution in [0, 0.1) is 11.8 Å². The number of anilines is 3. The van der Waals surface area contributed by atoms with E-state index in [1.54, 1.807) is 0 Å². The fraction of sp³-hybridized carbons (Fsp3) is 0.542. The molecule has 2 saturated heterocycles. The second-order valence-corrected chi connectivity index (χ2v) is 9.50. The smallest absolute Gasteiger partial charge is 0.232 e. The molecule has 0 unspecified atom stereocenters. The van der Waals surface area contributed by atoms with Crippen molar-refractivity contribution < 1.29 is 0 Å². The SMILES string of the molecule is C[C@@H]1CCCN(c2cc(N3CCC[C@H](C)C3)nc(NC(=S)NCc3ccccc3)n2)C1. The number of aromatic nitrogens is 2. The molecular weight excluding hydrogens is 404 g/mol. The minimum Gasteiger partial charge on any atom is -0.358 e. The predicted molar refractivity (Wildman–Crippen MR) is 133 cm³/mol. The fourth-order valence-electron chi connectivity index (χ4n) is 4.52. The molecule has 2 aromatic rings. The van der Waals surface area contributed by atoms with Crippen LogP contribution >= 0.6 is 12.2 Å². The van der Waals surface area contributed by atoms with Gasteiger partial charge in [0.15, 0.2) is 5.11 Å². The summed E-state index contributed by atoms with van der Waals surface area (Å²) in [6.07, 6.45) is 5.00. The van der Waals surface area contributed by atoms with Crippen LogP contribution in [0.25, 0.3) is 0 Å². The van der Waals surface area contributed by atoms with Gasteiger partial charge in [-0.15, -0.1) is 0 Å². The van der Waals surface area contributed by atoms with Crippen molar-refractivity contribution in [3.05, 3.63) is 42.0 Å². The molecule has 2 aliphatic heterocycles. The molecule has 2 fully saturated rings. The molecule has 0 spiro atoms. The molecule has 4 rings (SSSR count). The summed E-state index contributed by atoms with van der Waals surface area (Å²) in [6.45, 7) is 9.50. The standard InChI is InChI=1S/C24H34N6S/c1-18-8-6-12-29(16-18)21-14-22(30-13-7-9-19(2)17-30)27-23(26-21)28-24(31)25-15-20-10-4-3-5-11-20/h3-5,10-11,14,18-19H,6-9,12-13,15-17H2,1-2H3,(H2,25,26,27,28,31)/t18-,19+. The van der Waals surface area contributed by atoms with E-state index in [0.29, 0.717) is 29.4 Å². The lowest BCUT2D eigenvalue weighted by molar-refractivity contribution is 0.441. The van der Waals surface area contributed by atoms with Crippen LogP contribution in [-0.2, 0) is 6.54 Å². The second kappa shape index (κ2) is 10.3. The largest absolute Gasteiger partial charge is 0.358 e. The molecule has 0 amide bonds. The highest BCUT2D eigenvalue weighted by molar-refractivity contribution is 7.80. The van der Waals surface area contributed by atoms with Crippen LogP contribution in [-0.4, -0.2) is 41.3 Å². The monoisotopic (exact) mass is 438 g/mol. The maximum absolute atomic E-state index is 5.54. The quantitative estimate of drug-likeness (QED) is 0.670. The topological polar surface area (TPSA) is 56.3 Å². The van der Waals surface area contributed by atoms with Crippen molar-refractivity contribution in [2.45, 2.75) is 46.1 Å². The van der Waals surface area contributed by atoms with Crippen molar-refractivity contribution in [1.82, 2.24) is 15.3 Å². The molecule has 31 heavy (non-hydrogen) atoms. The fourth-order valence-corrected chi connectivity index (χ4v) is 4.68. The first-order valence-electron chi connectivity index (χ1n) is 11.5. The Bertz CT molecular complexity index is 833. The molecule has 0 radical (unpaired) electrons. The van der Waals surface area contributed by atoms with Crippen molar-refractivity contribution in [1.29, 1.82) is 0 Å². The Balaban J connectivity index is 1.51. The Kier molecular flexibility index (Phi) is 7.22. The summed E-state index contributed by atoms with van der Waals surface area (Å²) >= 11 is 5.54. The summed E-state index contributed by atoms with van der Waals surface area (Å²) in [4.78, 5) is 14.5. The Morgan fingerprint density at radius 1 is 0.968 bits per heavy atom. The van der Waals surface area contributed by atoms with E-state index in [1.807, 2.05) is 18.2 Å². The Morgan fingerprint density at radius 3 is 2.10 bits per heavy atom. The number of hydrogen-bond acceptors (Lipinski definition) is 5. The van der Waals surface area contributed by atoms with Crippen LogP contribution in [0.5, 0.6) is 0 Å². The second-order valence-electron chi connectivity index (χ2n) is 9.09. The first-order chi connectivity index (χ1) is 15.1. The van der Waals surface area contributed by atoms with E-state index in [2.05, 4.69) is 52.5 Å². The van der Waals surface area contributed by atoms with Crippen LogP contribution in [0.1, 0.15) is 45.1 Å². The molecule has 2 N–H and O–H groups in total. The summed E-state index contributed by atoms with van der Waals surface area (Å²) in [6, 6.07) is 12.4. The molecule has 2 aliphatic rings. The van der Waals surface area contributed by atoms with Crippen LogP contribution in [0.4, 0.5) is 17.6 Å². The predicted octanol–water partition coefficient (Wildman–Crippen LogP) is 4.44. The molecule has 166 valence electrons. The van der Waals surface area contributed by atoms with Crippen molar-refractivity contribution in [2.75, 3.05) is 41.3 Å². The molecule has 7 heteroatoms. The van der Waals surface area contributed by atoms with Crippen molar-refractivity contribution in [2.24, 2.45) is 11.8 Å². The molecule has 6 nitrogen and oxygen atoms in total. The third-order valence-corrected chi connectivity index (χ3v) is 6.43. The van der Waals surface area contributed by atoms with Gasteiger partial charge in [0, 0.05) is 38.8 Å². The van der Waals surface area contributed by atoms with E-state index < -0.39 is 0 Å². The third-order valence-electron chi connectivity index (χ3n) is 6.18. The number of nitrogens with zero attached hydrogens (tertiary/aromatic N) is 4. The minimum absolute atomic E-state index is 0.547. The third kappa shape index (κ3) is 6.06. The van der Waals surface area contributed by atoms with Gasteiger partial charge < -0.3 is 20.4 Å². The van der Waals surface area contributed by atoms with Gasteiger partial charge in [0.05, 0.1) is 0 Å². The van der Waals surface area contributed by atoms with Gasteiger partial charge in [-0.05, 0) is 55.3 Å². The summed E-state index contributed by atoms with van der Waals surface area (Å²) in [7, 11) is 0. The lowest BCUT2D eigenvalue weighted by Gasteiger charge is -2.35. The molecule has 0 saturated carbocycles. The Labute approximate surface area is 191 Å². The number of thiocarbonyl (C=S) groups is 1. The van der Waals surface area contributed by atoms with E-state index in [9.17, 15) is 0 Å². The summed E-state index contributed by atoms with van der Waals surface area (Å²) in [5, 5.41) is 7.06. The van der Waals surface area contributed by atoms with Crippen molar-refractivity contribution in [3.63, 3.8) is 0 Å². The zero-order valence-electron chi connectivity index (χ0n) is 18.7. The minimum atomic E-state index is 0.547. The maximum atomic E-state index is 5.54. The van der Waals surface area contributed by atoms with Crippen LogP contribution < -0.4 is 20.4 Å². The number of piperidine rings is 2. The van der Waals surface area contributed by atoms with Gasteiger partial charge in [-0.3, -0.25) is 0 Å². The van der Waals surface area contributed by atoms with Gasteiger partial charge in [-0.1, -0.05) is 44.2 Å². The van der Waals surface area contributed by atoms with E-state index in [1.165, 1.54) is 31.2 Å². The van der Waals surface area contributed by atoms with E-state index in [4.69, 9.17) is 22.2 Å². The van der Waals surface area contributed by atoms with E-state index >= 15 is 0 Å². The summed E-state index contributed by atoms with van der Waals surface area (Å²) < 4.78 is 0. The lowest BCUT2D eigenvalue weighted by atomic mass is 10.00. The highest BCUT2D eigenvalue weighted by Gasteiger charge is 2.23. The first kappa shape index (κ1) is 21.8. The van der Waals surface area contributed by atoms with Crippen molar-refractivity contribution in [3.8, 4) is 0 Å². The first-order valence-corrected chi connectivity index (χ1v) is 12.0. The molecule has 1 aromatic heterocycles. The normalized spacial score (nSPS) is 21.6. The lowest BCUT2D eigenvalue weighted by Crippen LogP contribution is -2.37. The summed E-state index contributed by atoms with van der Waals surface area (Å²) in [5.74, 6) is 3.96. The number of nitrogens with one attached hydrogen (secondary N) is 2. The molecule has 3 heterocycles. The van der Waals surface area contributed by atoms with Gasteiger partial charge in [0.25, 0.3) is 0 Å². The average molecular weight is 439 g/mol. The number of hydrogen-bond donors (Lipinski definition) is 2. The van der Waals surface area contributed by atoms with E-state index in [-0.39, 0.29) is 0 Å². The van der Waals surface area contributed by atoms with E-state index in [0.717, 1.165) is 37.8 Å². The Hall–Kier alpha value is -2.41. The molecule has 0 bridgehead atoms. The average Bonchev–Trinajstić information content (AvgIpc) is 2.78. The van der Waals surface area contributed by atoms with Gasteiger partial charge >= 0.3 is 0 Å². The molecule has 0 aliphatic carbocycles. The van der Waals surface area contributed by atoms with Gasteiger partial charge in [0.2, 0.25) is 5.95 Å². The zero-order chi connectivity index (χ0) is 21.6. The maximum Gasteiger partial charge on any atom is 0.232 e. The molecule has 1 aromatic carbocycles. The number of benzene rings is 1. The zero-order valence-corrected chi connectivity index (χ0v) is 19.5. The molecule has 2 atom stereocenters. The Morgan fingerprint density at radius 2 is 1.55 bits per heavy atom.